The van der Waals surface area contributed by atoms with Crippen molar-refractivity contribution in [2.24, 2.45) is 0 Å². The summed E-state index contributed by atoms with van der Waals surface area (Å²) >= 11 is 0. The lowest BCUT2D eigenvalue weighted by atomic mass is 10.2. The van der Waals surface area contributed by atoms with Crippen LogP contribution in [0.5, 0.6) is 0 Å². The fourth-order valence-corrected chi connectivity index (χ4v) is 1.68. The van der Waals surface area contributed by atoms with Crippen molar-refractivity contribution in [3.8, 4) is 11.3 Å². The van der Waals surface area contributed by atoms with Crippen LogP contribution in [0.25, 0.3) is 17.0 Å². The maximum atomic E-state index is 12.8. The number of rotatable bonds is 2. The van der Waals surface area contributed by atoms with E-state index in [1.165, 1.54) is 22.8 Å². The third-order valence-electron chi connectivity index (χ3n) is 2.52. The molecule has 0 spiro atoms. The second-order valence-corrected chi connectivity index (χ2v) is 3.66. The summed E-state index contributed by atoms with van der Waals surface area (Å²) in [5, 5.41) is 11.4. The molecule has 0 amide bonds. The van der Waals surface area contributed by atoms with Gasteiger partial charge in [0.2, 0.25) is 5.82 Å². The van der Waals surface area contributed by atoms with E-state index in [1.54, 1.807) is 12.1 Å². The highest BCUT2D eigenvalue weighted by Gasteiger charge is 2.14. The average Bonchev–Trinajstić information content (AvgIpc) is 2.89. The van der Waals surface area contributed by atoms with E-state index in [0.717, 1.165) is 0 Å². The van der Waals surface area contributed by atoms with Crippen LogP contribution in [0, 0.1) is 5.82 Å². The molecule has 0 aliphatic carbocycles. The Hall–Kier alpha value is -2.70. The van der Waals surface area contributed by atoms with Crippen LogP contribution in [-0.4, -0.2) is 30.7 Å². The lowest BCUT2D eigenvalue weighted by Crippen LogP contribution is -2.00. The number of carboxylic acid groups (broad SMARTS) is 1. The van der Waals surface area contributed by atoms with Crippen molar-refractivity contribution in [2.75, 3.05) is 0 Å². The molecule has 90 valence electrons. The Kier molecular flexibility index (Phi) is 2.12. The van der Waals surface area contributed by atoms with Gasteiger partial charge in [-0.2, -0.15) is 4.98 Å². The van der Waals surface area contributed by atoms with Gasteiger partial charge >= 0.3 is 5.97 Å². The van der Waals surface area contributed by atoms with E-state index in [-0.39, 0.29) is 17.4 Å². The van der Waals surface area contributed by atoms with E-state index in [9.17, 15) is 9.18 Å². The number of aromatic amines is 1. The van der Waals surface area contributed by atoms with Crippen molar-refractivity contribution in [1.82, 2.24) is 19.6 Å². The number of hydrogen-bond acceptors (Lipinski definition) is 3. The Morgan fingerprint density at radius 1 is 1.33 bits per heavy atom. The number of fused-ring (bicyclic) bond motifs is 1. The number of nitrogens with zero attached hydrogens (tertiary/aromatic N) is 3. The Morgan fingerprint density at radius 2 is 2.06 bits per heavy atom. The number of aromatic nitrogens is 4. The molecule has 0 radical (unpaired) electrons. The minimum Gasteiger partial charge on any atom is -0.475 e. The van der Waals surface area contributed by atoms with Crippen molar-refractivity contribution in [3.63, 3.8) is 0 Å². The molecular formula is C11H7FN4O2. The molecule has 0 fully saturated rings. The number of carboxylic acids is 1. The first kappa shape index (κ1) is 10.5. The van der Waals surface area contributed by atoms with Crippen LogP contribution < -0.4 is 0 Å². The summed E-state index contributed by atoms with van der Waals surface area (Å²) in [5.74, 6) is -1.44. The molecule has 7 heteroatoms. The van der Waals surface area contributed by atoms with Crippen LogP contribution in [0.4, 0.5) is 4.39 Å². The SMILES string of the molecule is O=C(O)c1nc2ncc(-c3ccc(F)cc3)n2[nH]1. The fourth-order valence-electron chi connectivity index (χ4n) is 1.68. The van der Waals surface area contributed by atoms with Crippen LogP contribution in [0.15, 0.2) is 30.5 Å². The van der Waals surface area contributed by atoms with Crippen LogP contribution in [0.2, 0.25) is 0 Å². The van der Waals surface area contributed by atoms with Gasteiger partial charge in [-0.3, -0.25) is 5.10 Å². The Labute approximate surface area is 99.7 Å². The Balaban J connectivity index is 2.17. The molecule has 0 saturated carbocycles. The summed E-state index contributed by atoms with van der Waals surface area (Å²) in [6.07, 6.45) is 1.54. The fraction of sp³-hybridized carbons (Fsp3) is 0. The highest BCUT2D eigenvalue weighted by Crippen LogP contribution is 2.20. The zero-order chi connectivity index (χ0) is 12.7. The summed E-state index contributed by atoms with van der Waals surface area (Å²) in [6.45, 7) is 0. The minimum absolute atomic E-state index is 0.193. The zero-order valence-electron chi connectivity index (χ0n) is 8.96. The number of aromatic carboxylic acids is 1. The number of carbonyl (C=O) groups is 1. The molecule has 3 rings (SSSR count). The normalized spacial score (nSPS) is 10.9. The minimum atomic E-state index is -1.16. The third kappa shape index (κ3) is 1.53. The van der Waals surface area contributed by atoms with E-state index in [2.05, 4.69) is 15.1 Å². The molecule has 0 unspecified atom stereocenters. The molecule has 0 aliphatic heterocycles. The average molecular weight is 246 g/mol. The van der Waals surface area contributed by atoms with E-state index in [1.807, 2.05) is 0 Å². The predicted octanol–water partition coefficient (Wildman–Crippen LogP) is 1.56. The molecule has 1 aromatic carbocycles. The van der Waals surface area contributed by atoms with Gasteiger partial charge in [-0.05, 0) is 24.3 Å². The molecule has 0 bridgehead atoms. The third-order valence-corrected chi connectivity index (χ3v) is 2.52. The Morgan fingerprint density at radius 3 is 2.72 bits per heavy atom. The van der Waals surface area contributed by atoms with E-state index in [4.69, 9.17) is 5.11 Å². The van der Waals surface area contributed by atoms with Crippen LogP contribution in [0.3, 0.4) is 0 Å². The van der Waals surface area contributed by atoms with Crippen molar-refractivity contribution in [2.45, 2.75) is 0 Å². The van der Waals surface area contributed by atoms with Crippen LogP contribution in [-0.2, 0) is 0 Å². The smallest absolute Gasteiger partial charge is 0.373 e. The molecule has 2 aromatic heterocycles. The molecule has 6 nitrogen and oxygen atoms in total. The van der Waals surface area contributed by atoms with E-state index in [0.29, 0.717) is 11.3 Å². The van der Waals surface area contributed by atoms with Crippen molar-refractivity contribution in [1.29, 1.82) is 0 Å². The van der Waals surface area contributed by atoms with Crippen molar-refractivity contribution in [3.05, 3.63) is 42.1 Å². The number of nitrogens with one attached hydrogen (secondary N) is 1. The van der Waals surface area contributed by atoms with Gasteiger partial charge in [0, 0.05) is 5.56 Å². The van der Waals surface area contributed by atoms with E-state index < -0.39 is 5.97 Å². The lowest BCUT2D eigenvalue weighted by Gasteiger charge is -1.98. The van der Waals surface area contributed by atoms with Gasteiger partial charge in [-0.25, -0.2) is 18.7 Å². The van der Waals surface area contributed by atoms with E-state index >= 15 is 0 Å². The Bertz CT molecular complexity index is 729. The lowest BCUT2D eigenvalue weighted by molar-refractivity contribution is 0.0684. The summed E-state index contributed by atoms with van der Waals surface area (Å²) < 4.78 is 14.3. The number of hydrogen-bond donors (Lipinski definition) is 2. The van der Waals surface area contributed by atoms with Crippen molar-refractivity contribution >= 4 is 11.7 Å². The van der Waals surface area contributed by atoms with Gasteiger partial charge in [-0.15, -0.1) is 0 Å². The second kappa shape index (κ2) is 3.66. The van der Waals surface area contributed by atoms with Gasteiger partial charge in [-0.1, -0.05) is 0 Å². The molecule has 0 atom stereocenters. The second-order valence-electron chi connectivity index (χ2n) is 3.66. The van der Waals surface area contributed by atoms with Crippen molar-refractivity contribution < 1.29 is 14.3 Å². The van der Waals surface area contributed by atoms with Gasteiger partial charge in [0.05, 0.1) is 11.9 Å². The summed E-state index contributed by atoms with van der Waals surface area (Å²) in [6, 6.07) is 5.81. The van der Waals surface area contributed by atoms with Crippen LogP contribution >= 0.6 is 0 Å². The summed E-state index contributed by atoms with van der Waals surface area (Å²) in [4.78, 5) is 18.6. The highest BCUT2D eigenvalue weighted by atomic mass is 19.1. The van der Waals surface area contributed by atoms with Gasteiger partial charge in [0.1, 0.15) is 5.82 Å². The van der Waals surface area contributed by atoms with Gasteiger partial charge in [0.15, 0.2) is 0 Å². The van der Waals surface area contributed by atoms with Crippen LogP contribution in [0.1, 0.15) is 10.6 Å². The quantitative estimate of drug-likeness (QED) is 0.718. The molecule has 0 saturated heterocycles. The maximum Gasteiger partial charge on any atom is 0.373 e. The summed E-state index contributed by atoms with van der Waals surface area (Å²) in [5.41, 5.74) is 1.33. The first-order chi connectivity index (χ1) is 8.65. The molecule has 2 N–H and O–H groups in total. The monoisotopic (exact) mass is 246 g/mol. The standard InChI is InChI=1S/C11H7FN4O2/c12-7-3-1-6(2-4-7)8-5-13-11-14-9(10(17)18)15-16(8)11/h1-5H,(H,17,18)(H,13,14,15). The van der Waals surface area contributed by atoms with Gasteiger partial charge < -0.3 is 5.11 Å². The largest absolute Gasteiger partial charge is 0.475 e. The number of halogens is 1. The molecule has 2 heterocycles. The first-order valence-corrected chi connectivity index (χ1v) is 5.08. The number of imidazole rings is 1. The topological polar surface area (TPSA) is 83.3 Å². The molecular weight excluding hydrogens is 239 g/mol. The highest BCUT2D eigenvalue weighted by molar-refractivity contribution is 5.83. The summed E-state index contributed by atoms with van der Waals surface area (Å²) in [7, 11) is 0. The van der Waals surface area contributed by atoms with Gasteiger partial charge in [0.25, 0.3) is 5.78 Å². The number of H-pyrrole nitrogens is 1. The molecule has 18 heavy (non-hydrogen) atoms. The molecule has 3 aromatic rings. The maximum absolute atomic E-state index is 12.8. The zero-order valence-corrected chi connectivity index (χ0v) is 8.96. The number of benzene rings is 1. The predicted molar refractivity (Wildman–Crippen MR) is 59.7 cm³/mol. The first-order valence-electron chi connectivity index (χ1n) is 5.08. The molecule has 0 aliphatic rings.